The first-order chi connectivity index (χ1) is 18.2. The normalized spacial score (nSPS) is 11.5. The van der Waals surface area contributed by atoms with Gasteiger partial charge in [0.15, 0.2) is 5.82 Å². The van der Waals surface area contributed by atoms with E-state index in [2.05, 4.69) is 14.7 Å². The van der Waals surface area contributed by atoms with Crippen molar-refractivity contribution >= 4 is 38.3 Å². The Kier molecular flexibility index (Phi) is 6.55. The first-order valence-corrected chi connectivity index (χ1v) is 12.8. The molecule has 0 aliphatic carbocycles. The van der Waals surface area contributed by atoms with Crippen molar-refractivity contribution in [1.29, 1.82) is 0 Å². The number of hydrogen-bond acceptors (Lipinski definition) is 6. The molecule has 0 saturated heterocycles. The second kappa shape index (κ2) is 9.84. The molecule has 0 spiro atoms. The number of fused-ring (bicyclic) bond motifs is 1. The molecule has 0 aliphatic rings. The van der Waals surface area contributed by atoms with E-state index in [-0.39, 0.29) is 38.3 Å². The lowest BCUT2D eigenvalue weighted by Gasteiger charge is -2.17. The Hall–Kier alpha value is -4.35. The zero-order valence-corrected chi connectivity index (χ0v) is 21.1. The van der Waals surface area contributed by atoms with Crippen molar-refractivity contribution in [3.05, 3.63) is 106 Å². The summed E-state index contributed by atoms with van der Waals surface area (Å²) in [4.78, 5) is 20.6. The Labute approximate surface area is 220 Å². The summed E-state index contributed by atoms with van der Waals surface area (Å²) in [5.41, 5.74) is 0.0669. The van der Waals surface area contributed by atoms with Gasteiger partial charge < -0.3 is 4.74 Å². The van der Waals surface area contributed by atoms with E-state index in [9.17, 15) is 17.6 Å². The van der Waals surface area contributed by atoms with Gasteiger partial charge in [-0.3, -0.25) is 19.1 Å². The fourth-order valence-corrected chi connectivity index (χ4v) is 5.25. The highest BCUT2D eigenvalue weighted by molar-refractivity contribution is 7.92. The van der Waals surface area contributed by atoms with Gasteiger partial charge in [0.1, 0.15) is 17.4 Å². The molecule has 5 rings (SSSR count). The topological polar surface area (TPSA) is 103 Å². The third kappa shape index (κ3) is 4.81. The van der Waals surface area contributed by atoms with Gasteiger partial charge in [0.25, 0.3) is 15.6 Å². The summed E-state index contributed by atoms with van der Waals surface area (Å²) in [6.07, 6.45) is 4.01. The van der Waals surface area contributed by atoms with Crippen molar-refractivity contribution in [2.75, 3.05) is 11.8 Å². The van der Waals surface area contributed by atoms with Crippen LogP contribution in [0, 0.1) is 11.6 Å². The molecule has 0 radical (unpaired) electrons. The van der Waals surface area contributed by atoms with E-state index in [0.29, 0.717) is 10.9 Å². The summed E-state index contributed by atoms with van der Waals surface area (Å²) in [6, 6.07) is 12.9. The smallest absolute Gasteiger partial charge is 0.263 e. The highest BCUT2D eigenvalue weighted by Crippen LogP contribution is 2.35. The summed E-state index contributed by atoms with van der Waals surface area (Å²) in [5, 5.41) is 0.474. The van der Waals surface area contributed by atoms with Crippen molar-refractivity contribution in [2.45, 2.75) is 4.90 Å². The molecule has 2 aromatic heterocycles. The molecule has 0 unspecified atom stereocenters. The van der Waals surface area contributed by atoms with E-state index in [1.54, 1.807) is 0 Å². The lowest BCUT2D eigenvalue weighted by molar-refractivity contribution is 0.412. The molecule has 0 amide bonds. The first-order valence-electron chi connectivity index (χ1n) is 11.0. The Morgan fingerprint density at radius 2 is 1.82 bits per heavy atom. The van der Waals surface area contributed by atoms with Crippen molar-refractivity contribution in [2.24, 2.45) is 0 Å². The highest BCUT2D eigenvalue weighted by Gasteiger charge is 2.20. The van der Waals surface area contributed by atoms with Gasteiger partial charge in [0.2, 0.25) is 0 Å². The second-order valence-corrected chi connectivity index (χ2v) is 10.2. The molecule has 38 heavy (non-hydrogen) atoms. The van der Waals surface area contributed by atoms with Crippen LogP contribution in [0.15, 0.2) is 88.9 Å². The van der Waals surface area contributed by atoms with Crippen LogP contribution < -0.4 is 15.0 Å². The van der Waals surface area contributed by atoms with Crippen LogP contribution in [0.25, 0.3) is 27.7 Å². The van der Waals surface area contributed by atoms with E-state index in [1.807, 2.05) is 0 Å². The van der Waals surface area contributed by atoms with E-state index in [0.717, 1.165) is 18.2 Å². The third-order valence-electron chi connectivity index (χ3n) is 5.66. The average Bonchev–Trinajstić information content (AvgIpc) is 2.88. The SMILES string of the molecule is COc1cc(-c2cc(F)cc(Cl)c2)c(F)cc1-n1c(=O)ccc2cc(S(=O)(=O)Nc3cnccn3)ccc21. The highest BCUT2D eigenvalue weighted by atomic mass is 35.5. The molecule has 8 nitrogen and oxygen atoms in total. The Morgan fingerprint density at radius 1 is 1.00 bits per heavy atom. The van der Waals surface area contributed by atoms with Gasteiger partial charge in [-0.15, -0.1) is 0 Å². The van der Waals surface area contributed by atoms with Gasteiger partial charge >= 0.3 is 0 Å². The monoisotopic (exact) mass is 554 g/mol. The van der Waals surface area contributed by atoms with Gasteiger partial charge in [0, 0.05) is 40.5 Å². The third-order valence-corrected chi connectivity index (χ3v) is 7.23. The predicted octanol–water partition coefficient (Wildman–Crippen LogP) is 5.19. The minimum atomic E-state index is -4.02. The maximum absolute atomic E-state index is 15.3. The first kappa shape index (κ1) is 25.3. The summed E-state index contributed by atoms with van der Waals surface area (Å²) in [7, 11) is -2.68. The van der Waals surface area contributed by atoms with Crippen LogP contribution >= 0.6 is 11.6 Å². The molecule has 0 atom stereocenters. The minimum absolute atomic E-state index is 0.0174. The largest absolute Gasteiger partial charge is 0.495 e. The van der Waals surface area contributed by atoms with Crippen molar-refractivity contribution in [3.8, 4) is 22.6 Å². The lowest BCUT2D eigenvalue weighted by Crippen LogP contribution is -2.19. The summed E-state index contributed by atoms with van der Waals surface area (Å²) < 4.78 is 64.0. The van der Waals surface area contributed by atoms with Crippen molar-refractivity contribution < 1.29 is 21.9 Å². The zero-order chi connectivity index (χ0) is 27.0. The Morgan fingerprint density at radius 3 is 2.53 bits per heavy atom. The van der Waals surface area contributed by atoms with Gasteiger partial charge in [-0.2, -0.15) is 0 Å². The lowest BCUT2D eigenvalue weighted by atomic mass is 10.0. The Balaban J connectivity index is 1.64. The molecule has 12 heteroatoms. The molecular formula is C26H17ClF2N4O4S. The fourth-order valence-electron chi connectivity index (χ4n) is 4.00. The molecule has 0 fully saturated rings. The number of hydrogen-bond donors (Lipinski definition) is 1. The summed E-state index contributed by atoms with van der Waals surface area (Å²) in [5.74, 6) is -1.23. The van der Waals surface area contributed by atoms with E-state index >= 15 is 4.39 Å². The number of rotatable bonds is 6. The van der Waals surface area contributed by atoms with E-state index < -0.39 is 27.2 Å². The number of nitrogens with zero attached hydrogens (tertiary/aromatic N) is 3. The maximum Gasteiger partial charge on any atom is 0.263 e. The minimum Gasteiger partial charge on any atom is -0.495 e. The van der Waals surface area contributed by atoms with Crippen LogP contribution in [0.5, 0.6) is 5.75 Å². The molecule has 0 saturated carbocycles. The summed E-state index contributed by atoms with van der Waals surface area (Å²) in [6.45, 7) is 0. The molecule has 0 bridgehead atoms. The molecule has 1 N–H and O–H groups in total. The summed E-state index contributed by atoms with van der Waals surface area (Å²) >= 11 is 5.94. The van der Waals surface area contributed by atoms with E-state index in [1.165, 1.54) is 72.7 Å². The number of nitrogens with one attached hydrogen (secondary N) is 1. The zero-order valence-electron chi connectivity index (χ0n) is 19.5. The van der Waals surface area contributed by atoms with Crippen LogP contribution in [-0.2, 0) is 10.0 Å². The number of halogens is 3. The number of anilines is 1. The van der Waals surface area contributed by atoms with E-state index in [4.69, 9.17) is 16.3 Å². The molecule has 192 valence electrons. The number of sulfonamides is 1. The molecule has 2 heterocycles. The number of benzene rings is 3. The number of pyridine rings is 1. The molecule has 0 aliphatic heterocycles. The maximum atomic E-state index is 15.3. The molecule has 3 aromatic carbocycles. The van der Waals surface area contributed by atoms with Gasteiger partial charge in [-0.05, 0) is 54.1 Å². The van der Waals surface area contributed by atoms with Gasteiger partial charge in [0.05, 0.1) is 29.4 Å². The molecular weight excluding hydrogens is 538 g/mol. The van der Waals surface area contributed by atoms with Crippen LogP contribution in [0.1, 0.15) is 0 Å². The number of methoxy groups -OCH3 is 1. The van der Waals surface area contributed by atoms with Crippen molar-refractivity contribution in [3.63, 3.8) is 0 Å². The second-order valence-electron chi connectivity index (χ2n) is 8.09. The number of aromatic nitrogens is 3. The number of ether oxygens (including phenoxy) is 1. The van der Waals surface area contributed by atoms with Crippen LogP contribution in [0.3, 0.4) is 0 Å². The quantitative estimate of drug-likeness (QED) is 0.310. The van der Waals surface area contributed by atoms with Crippen LogP contribution in [-0.4, -0.2) is 30.1 Å². The van der Waals surface area contributed by atoms with Crippen molar-refractivity contribution in [1.82, 2.24) is 14.5 Å². The van der Waals surface area contributed by atoms with Crippen LogP contribution in [0.4, 0.5) is 14.6 Å². The Bertz CT molecular complexity index is 1850. The standard InChI is InChI=1S/C26H17ClF2N4O4S/c1-37-24-12-20(16-8-17(27)11-18(28)9-16)21(29)13-23(24)33-22-4-3-19(10-15(22)2-5-26(33)34)38(35,36)32-25-14-30-6-7-31-25/h2-14H,1H3,(H,31,32). The van der Waals surface area contributed by atoms with Crippen LogP contribution in [0.2, 0.25) is 5.02 Å². The average molecular weight is 555 g/mol. The predicted molar refractivity (Wildman–Crippen MR) is 139 cm³/mol. The molecule has 5 aromatic rings. The fraction of sp³-hybridized carbons (Fsp3) is 0.0385. The van der Waals surface area contributed by atoms with Gasteiger partial charge in [-0.1, -0.05) is 11.6 Å². The van der Waals surface area contributed by atoms with Gasteiger partial charge in [-0.25, -0.2) is 22.2 Å².